The van der Waals surface area contributed by atoms with Crippen LogP contribution in [0.5, 0.6) is 17.2 Å². The van der Waals surface area contributed by atoms with Gasteiger partial charge in [-0.1, -0.05) is 12.1 Å². The van der Waals surface area contributed by atoms with Crippen LogP contribution in [0.3, 0.4) is 0 Å². The molecule has 2 aromatic carbocycles. The number of phenolic OH excluding ortho intramolecular Hbond substituents is 2. The third-order valence-electron chi connectivity index (χ3n) is 3.69. The fraction of sp³-hybridized carbons (Fsp3) is 0.167. The number of benzene rings is 2. The van der Waals surface area contributed by atoms with Crippen molar-refractivity contribution in [3.8, 4) is 17.2 Å². The summed E-state index contributed by atoms with van der Waals surface area (Å²) in [6.45, 7) is 0. The average Bonchev–Trinajstić information content (AvgIpc) is 2.55. The first kappa shape index (κ1) is 15.0. The van der Waals surface area contributed by atoms with Gasteiger partial charge in [0.05, 0.1) is 7.11 Å². The largest absolute Gasteiger partial charge is 0.504 e. The van der Waals surface area contributed by atoms with Crippen LogP contribution in [-0.4, -0.2) is 17.3 Å². The Bertz CT molecular complexity index is 911. The number of fused-ring (bicyclic) bond motifs is 1. The molecular weight excluding hydrogens is 296 g/mol. The maximum atomic E-state index is 12.3. The van der Waals surface area contributed by atoms with Crippen LogP contribution in [0.4, 0.5) is 0 Å². The van der Waals surface area contributed by atoms with E-state index in [1.54, 1.807) is 24.3 Å². The summed E-state index contributed by atoms with van der Waals surface area (Å²) in [6.07, 6.45) is 1.08. The maximum absolute atomic E-state index is 12.3. The highest BCUT2D eigenvalue weighted by atomic mass is 16.5. The zero-order valence-electron chi connectivity index (χ0n) is 12.6. The van der Waals surface area contributed by atoms with Crippen molar-refractivity contribution in [1.29, 1.82) is 0 Å². The van der Waals surface area contributed by atoms with Gasteiger partial charge < -0.3 is 19.4 Å². The van der Waals surface area contributed by atoms with E-state index >= 15 is 0 Å². The van der Waals surface area contributed by atoms with Gasteiger partial charge in [-0.15, -0.1) is 0 Å². The molecule has 0 saturated carbocycles. The quantitative estimate of drug-likeness (QED) is 0.724. The van der Waals surface area contributed by atoms with E-state index in [-0.39, 0.29) is 16.9 Å². The van der Waals surface area contributed by atoms with Crippen LogP contribution < -0.4 is 10.2 Å². The number of aryl methyl sites for hydroxylation is 2. The molecule has 0 radical (unpaired) electrons. The molecule has 5 heteroatoms. The van der Waals surface area contributed by atoms with Crippen molar-refractivity contribution in [3.05, 3.63) is 64.0 Å². The smallest absolute Gasteiger partial charge is 0.196 e. The minimum absolute atomic E-state index is 0.146. The third-order valence-corrected chi connectivity index (χ3v) is 3.69. The molecule has 0 spiro atoms. The van der Waals surface area contributed by atoms with E-state index in [0.29, 0.717) is 35.3 Å². The Morgan fingerprint density at radius 2 is 1.87 bits per heavy atom. The number of phenols is 2. The fourth-order valence-electron chi connectivity index (χ4n) is 2.51. The van der Waals surface area contributed by atoms with E-state index in [2.05, 4.69) is 0 Å². The molecule has 0 saturated heterocycles. The predicted molar refractivity (Wildman–Crippen MR) is 86.2 cm³/mol. The SMILES string of the molecule is COc1cccc2oc(CCc3ccc(O)c(O)c3)cc(=O)c12. The van der Waals surface area contributed by atoms with E-state index < -0.39 is 0 Å². The second kappa shape index (κ2) is 6.04. The summed E-state index contributed by atoms with van der Waals surface area (Å²) in [6, 6.07) is 11.3. The summed E-state index contributed by atoms with van der Waals surface area (Å²) in [5.74, 6) is 0.736. The number of hydrogen-bond acceptors (Lipinski definition) is 5. The highest BCUT2D eigenvalue weighted by molar-refractivity contribution is 5.83. The zero-order chi connectivity index (χ0) is 16.4. The third kappa shape index (κ3) is 2.99. The van der Waals surface area contributed by atoms with Gasteiger partial charge in [0.25, 0.3) is 0 Å². The molecular formula is C18H16O5. The van der Waals surface area contributed by atoms with Crippen molar-refractivity contribution in [2.24, 2.45) is 0 Å². The number of hydrogen-bond donors (Lipinski definition) is 2. The maximum Gasteiger partial charge on any atom is 0.196 e. The predicted octanol–water partition coefficient (Wildman–Crippen LogP) is 3.00. The van der Waals surface area contributed by atoms with Gasteiger partial charge in [-0.3, -0.25) is 4.79 Å². The van der Waals surface area contributed by atoms with Crippen molar-refractivity contribution in [3.63, 3.8) is 0 Å². The van der Waals surface area contributed by atoms with Gasteiger partial charge in [0.1, 0.15) is 22.5 Å². The Morgan fingerprint density at radius 3 is 2.61 bits per heavy atom. The minimum Gasteiger partial charge on any atom is -0.504 e. The Labute approximate surface area is 132 Å². The molecule has 0 aliphatic carbocycles. The number of rotatable bonds is 4. The van der Waals surface area contributed by atoms with Crippen LogP contribution in [0, 0.1) is 0 Å². The lowest BCUT2D eigenvalue weighted by molar-refractivity contribution is 0.403. The lowest BCUT2D eigenvalue weighted by Gasteiger charge is -2.07. The van der Waals surface area contributed by atoms with Gasteiger partial charge in [0.15, 0.2) is 16.9 Å². The molecule has 3 rings (SSSR count). The lowest BCUT2D eigenvalue weighted by Crippen LogP contribution is -2.05. The molecule has 3 aromatic rings. The van der Waals surface area contributed by atoms with E-state index in [0.717, 1.165) is 5.56 Å². The lowest BCUT2D eigenvalue weighted by atomic mass is 10.1. The van der Waals surface area contributed by atoms with Crippen molar-refractivity contribution in [2.45, 2.75) is 12.8 Å². The van der Waals surface area contributed by atoms with Gasteiger partial charge in [0.2, 0.25) is 0 Å². The van der Waals surface area contributed by atoms with E-state index in [4.69, 9.17) is 9.15 Å². The van der Waals surface area contributed by atoms with E-state index in [1.165, 1.54) is 25.3 Å². The molecule has 2 N–H and O–H groups in total. The first-order valence-corrected chi connectivity index (χ1v) is 7.19. The average molecular weight is 312 g/mol. The number of methoxy groups -OCH3 is 1. The van der Waals surface area contributed by atoms with E-state index in [1.807, 2.05) is 0 Å². The molecule has 0 aliphatic heterocycles. The Morgan fingerprint density at radius 1 is 1.04 bits per heavy atom. The monoisotopic (exact) mass is 312 g/mol. The highest BCUT2D eigenvalue weighted by Crippen LogP contribution is 2.26. The number of aromatic hydroxyl groups is 2. The Balaban J connectivity index is 1.89. The van der Waals surface area contributed by atoms with Crippen LogP contribution in [0.1, 0.15) is 11.3 Å². The molecule has 1 aromatic heterocycles. The first-order valence-electron chi connectivity index (χ1n) is 7.19. The van der Waals surface area contributed by atoms with Crippen LogP contribution in [0.2, 0.25) is 0 Å². The van der Waals surface area contributed by atoms with Crippen molar-refractivity contribution < 1.29 is 19.4 Å². The fourth-order valence-corrected chi connectivity index (χ4v) is 2.51. The molecule has 0 fully saturated rings. The molecule has 23 heavy (non-hydrogen) atoms. The summed E-state index contributed by atoms with van der Waals surface area (Å²) in [4.78, 5) is 12.3. The van der Waals surface area contributed by atoms with Crippen molar-refractivity contribution in [2.75, 3.05) is 7.11 Å². The van der Waals surface area contributed by atoms with Crippen LogP contribution in [-0.2, 0) is 12.8 Å². The summed E-state index contributed by atoms with van der Waals surface area (Å²) in [5.41, 5.74) is 1.18. The second-order valence-corrected chi connectivity index (χ2v) is 5.23. The van der Waals surface area contributed by atoms with Crippen LogP contribution in [0.25, 0.3) is 11.0 Å². The topological polar surface area (TPSA) is 79.9 Å². The first-order chi connectivity index (χ1) is 11.1. The summed E-state index contributed by atoms with van der Waals surface area (Å²) >= 11 is 0. The van der Waals surface area contributed by atoms with Crippen molar-refractivity contribution >= 4 is 11.0 Å². The number of ether oxygens (including phenoxy) is 1. The summed E-state index contributed by atoms with van der Waals surface area (Å²) in [7, 11) is 1.51. The Kier molecular flexibility index (Phi) is 3.93. The molecule has 0 aliphatic rings. The molecule has 0 amide bonds. The zero-order valence-corrected chi connectivity index (χ0v) is 12.6. The normalized spacial score (nSPS) is 10.8. The summed E-state index contributed by atoms with van der Waals surface area (Å²) < 4.78 is 11.0. The van der Waals surface area contributed by atoms with E-state index in [9.17, 15) is 15.0 Å². The molecule has 0 atom stereocenters. The summed E-state index contributed by atoms with van der Waals surface area (Å²) in [5, 5.41) is 19.2. The van der Waals surface area contributed by atoms with Gasteiger partial charge in [-0.05, 0) is 36.2 Å². The molecule has 5 nitrogen and oxygen atoms in total. The molecule has 1 heterocycles. The molecule has 0 unspecified atom stereocenters. The van der Waals surface area contributed by atoms with Gasteiger partial charge in [-0.25, -0.2) is 0 Å². The standard InChI is InChI=1S/C18H16O5/c1-22-16-3-2-4-17-18(16)15(21)10-12(23-17)7-5-11-6-8-13(19)14(20)9-11/h2-4,6,8-10,19-20H,5,7H2,1H3. The minimum atomic E-state index is -0.160. The van der Waals surface area contributed by atoms with Crippen LogP contribution >= 0.6 is 0 Å². The highest BCUT2D eigenvalue weighted by Gasteiger charge is 2.10. The molecule has 0 bridgehead atoms. The van der Waals surface area contributed by atoms with Crippen molar-refractivity contribution in [1.82, 2.24) is 0 Å². The van der Waals surface area contributed by atoms with Gasteiger partial charge >= 0.3 is 0 Å². The van der Waals surface area contributed by atoms with Gasteiger partial charge in [-0.2, -0.15) is 0 Å². The Hall–Kier alpha value is -2.95. The van der Waals surface area contributed by atoms with Gasteiger partial charge in [0, 0.05) is 12.5 Å². The van der Waals surface area contributed by atoms with Crippen LogP contribution in [0.15, 0.2) is 51.7 Å². The second-order valence-electron chi connectivity index (χ2n) is 5.23. The molecule has 118 valence electrons.